The van der Waals surface area contributed by atoms with E-state index in [1.165, 1.54) is 6.20 Å². The van der Waals surface area contributed by atoms with Crippen LogP contribution in [0.25, 0.3) is 5.82 Å². The van der Waals surface area contributed by atoms with Crippen molar-refractivity contribution in [2.45, 2.75) is 6.92 Å². The zero-order chi connectivity index (χ0) is 10.8. The van der Waals surface area contributed by atoms with Gasteiger partial charge in [-0.1, -0.05) is 0 Å². The number of hydrogen-bond acceptors (Lipinski definition) is 4. The molecule has 15 heavy (non-hydrogen) atoms. The molecule has 0 fully saturated rings. The van der Waals surface area contributed by atoms with Crippen molar-refractivity contribution < 1.29 is 9.90 Å². The van der Waals surface area contributed by atoms with E-state index in [0.29, 0.717) is 5.82 Å². The van der Waals surface area contributed by atoms with Crippen LogP contribution < -0.4 is 0 Å². The van der Waals surface area contributed by atoms with Crippen molar-refractivity contribution in [3.8, 4) is 5.82 Å². The van der Waals surface area contributed by atoms with Crippen molar-refractivity contribution in [1.29, 1.82) is 0 Å². The van der Waals surface area contributed by atoms with Crippen molar-refractivity contribution in [2.24, 2.45) is 0 Å². The normalized spacial score (nSPS) is 10.2. The minimum atomic E-state index is -1.14. The Bertz CT molecular complexity index is 506. The first-order valence-electron chi connectivity index (χ1n) is 4.25. The predicted molar refractivity (Wildman–Crippen MR) is 50.9 cm³/mol. The van der Waals surface area contributed by atoms with Crippen LogP contribution in [-0.2, 0) is 0 Å². The molecule has 76 valence electrons. The smallest absolute Gasteiger partial charge is 0.374 e. The van der Waals surface area contributed by atoms with Crippen LogP contribution in [0.15, 0.2) is 24.7 Å². The van der Waals surface area contributed by atoms with E-state index >= 15 is 0 Å². The molecule has 0 aliphatic heterocycles. The van der Waals surface area contributed by atoms with Crippen LogP contribution in [0.1, 0.15) is 16.4 Å². The van der Waals surface area contributed by atoms with Crippen LogP contribution in [-0.4, -0.2) is 30.6 Å². The maximum absolute atomic E-state index is 10.7. The third-order valence-electron chi connectivity index (χ3n) is 1.90. The second kappa shape index (κ2) is 3.49. The Hall–Kier alpha value is -2.24. The molecular weight excluding hydrogens is 196 g/mol. The largest absolute Gasteiger partial charge is 0.475 e. The molecule has 0 spiro atoms. The lowest BCUT2D eigenvalue weighted by atomic mass is 10.5. The topological polar surface area (TPSA) is 80.9 Å². The Kier molecular flexibility index (Phi) is 2.17. The lowest BCUT2D eigenvalue weighted by molar-refractivity contribution is 0.0683. The summed E-state index contributed by atoms with van der Waals surface area (Å²) in [7, 11) is 0. The van der Waals surface area contributed by atoms with Gasteiger partial charge in [0.2, 0.25) is 5.82 Å². The molecule has 0 bridgehead atoms. The third kappa shape index (κ3) is 1.69. The van der Waals surface area contributed by atoms with Crippen molar-refractivity contribution >= 4 is 5.97 Å². The zero-order valence-electron chi connectivity index (χ0n) is 7.95. The summed E-state index contributed by atoms with van der Waals surface area (Å²) in [6.45, 7) is 1.81. The fraction of sp³-hybridized carbons (Fsp3) is 0.111. The van der Waals surface area contributed by atoms with Crippen molar-refractivity contribution in [3.63, 3.8) is 0 Å². The van der Waals surface area contributed by atoms with Crippen molar-refractivity contribution in [1.82, 2.24) is 19.5 Å². The van der Waals surface area contributed by atoms with Crippen LogP contribution in [0.3, 0.4) is 0 Å². The van der Waals surface area contributed by atoms with Gasteiger partial charge < -0.3 is 5.11 Å². The van der Waals surface area contributed by atoms with E-state index < -0.39 is 5.97 Å². The molecule has 2 aromatic heterocycles. The quantitative estimate of drug-likeness (QED) is 0.777. The molecule has 0 atom stereocenters. The molecule has 0 saturated heterocycles. The first-order chi connectivity index (χ1) is 7.18. The fourth-order valence-corrected chi connectivity index (χ4v) is 1.21. The Balaban J connectivity index is 2.50. The van der Waals surface area contributed by atoms with Gasteiger partial charge in [-0.15, -0.1) is 0 Å². The van der Waals surface area contributed by atoms with E-state index in [2.05, 4.69) is 15.0 Å². The molecule has 2 rings (SSSR count). The summed E-state index contributed by atoms with van der Waals surface area (Å²) in [5.74, 6) is -0.127. The van der Waals surface area contributed by atoms with Crippen LogP contribution in [0.4, 0.5) is 0 Å². The number of nitrogens with zero attached hydrogens (tertiary/aromatic N) is 4. The number of aromatic nitrogens is 4. The van der Waals surface area contributed by atoms with Crippen LogP contribution in [0.2, 0.25) is 0 Å². The van der Waals surface area contributed by atoms with Gasteiger partial charge in [0.15, 0.2) is 0 Å². The molecule has 0 amide bonds. The second-order valence-electron chi connectivity index (χ2n) is 2.89. The molecule has 2 heterocycles. The van der Waals surface area contributed by atoms with E-state index in [1.54, 1.807) is 23.0 Å². The fourth-order valence-electron chi connectivity index (χ4n) is 1.21. The molecule has 2 aromatic rings. The number of carboxylic acids is 1. The standard InChI is InChI=1S/C9H8N4O2/c1-6-10-4-5-13(6)7-2-3-11-8(12-7)9(14)15/h2-5H,1H3,(H,14,15). The number of imidazole rings is 1. The van der Waals surface area contributed by atoms with Gasteiger partial charge in [-0.25, -0.2) is 19.7 Å². The highest BCUT2D eigenvalue weighted by atomic mass is 16.4. The van der Waals surface area contributed by atoms with Crippen molar-refractivity contribution in [3.05, 3.63) is 36.3 Å². The number of carboxylic acid groups (broad SMARTS) is 1. The van der Waals surface area contributed by atoms with Gasteiger partial charge in [-0.05, 0) is 13.0 Å². The molecule has 0 aliphatic rings. The molecule has 1 N–H and O–H groups in total. The first-order valence-corrected chi connectivity index (χ1v) is 4.25. The monoisotopic (exact) mass is 204 g/mol. The summed E-state index contributed by atoms with van der Waals surface area (Å²) in [6, 6.07) is 1.63. The Morgan fingerprint density at radius 2 is 2.20 bits per heavy atom. The van der Waals surface area contributed by atoms with Crippen LogP contribution in [0.5, 0.6) is 0 Å². The first kappa shape index (κ1) is 9.32. The molecule has 0 unspecified atom stereocenters. The second-order valence-corrected chi connectivity index (χ2v) is 2.89. The van der Waals surface area contributed by atoms with Gasteiger partial charge in [0.1, 0.15) is 11.6 Å². The Labute approximate surface area is 85.3 Å². The maximum Gasteiger partial charge on any atom is 0.374 e. The Morgan fingerprint density at radius 1 is 1.40 bits per heavy atom. The predicted octanol–water partition coefficient (Wildman–Crippen LogP) is 0.669. The summed E-state index contributed by atoms with van der Waals surface area (Å²) in [6.07, 6.45) is 4.74. The van der Waals surface area contributed by atoms with Gasteiger partial charge in [0, 0.05) is 18.6 Å². The van der Waals surface area contributed by atoms with E-state index in [-0.39, 0.29) is 5.82 Å². The van der Waals surface area contributed by atoms with Crippen LogP contribution in [0, 0.1) is 6.92 Å². The SMILES string of the molecule is Cc1nccn1-c1ccnc(C(=O)O)n1. The minimum Gasteiger partial charge on any atom is -0.475 e. The maximum atomic E-state index is 10.7. The van der Waals surface area contributed by atoms with Gasteiger partial charge in [-0.2, -0.15) is 0 Å². The number of carbonyl (C=O) groups is 1. The van der Waals surface area contributed by atoms with Crippen LogP contribution >= 0.6 is 0 Å². The number of hydrogen-bond donors (Lipinski definition) is 1. The lowest BCUT2D eigenvalue weighted by Crippen LogP contribution is -2.07. The molecule has 0 aliphatic carbocycles. The number of aryl methyl sites for hydroxylation is 1. The highest BCUT2D eigenvalue weighted by molar-refractivity contribution is 5.83. The van der Waals surface area contributed by atoms with Gasteiger partial charge in [-0.3, -0.25) is 4.57 Å². The Morgan fingerprint density at radius 3 is 2.80 bits per heavy atom. The highest BCUT2D eigenvalue weighted by Crippen LogP contribution is 2.06. The summed E-state index contributed by atoms with van der Waals surface area (Å²) in [4.78, 5) is 22.2. The average Bonchev–Trinajstić information content (AvgIpc) is 2.64. The van der Waals surface area contributed by atoms with E-state index in [0.717, 1.165) is 5.82 Å². The summed E-state index contributed by atoms with van der Waals surface area (Å²) < 4.78 is 1.69. The minimum absolute atomic E-state index is 0.222. The molecule has 6 nitrogen and oxygen atoms in total. The van der Waals surface area contributed by atoms with E-state index in [4.69, 9.17) is 5.11 Å². The molecular formula is C9H8N4O2. The molecule has 0 aromatic carbocycles. The molecule has 0 saturated carbocycles. The van der Waals surface area contributed by atoms with Gasteiger partial charge in [0.05, 0.1) is 0 Å². The van der Waals surface area contributed by atoms with Gasteiger partial charge in [0.25, 0.3) is 0 Å². The third-order valence-corrected chi connectivity index (χ3v) is 1.90. The average molecular weight is 204 g/mol. The zero-order valence-corrected chi connectivity index (χ0v) is 7.95. The lowest BCUT2D eigenvalue weighted by Gasteiger charge is -2.03. The summed E-state index contributed by atoms with van der Waals surface area (Å²) in [5.41, 5.74) is 0. The number of aromatic carboxylic acids is 1. The number of rotatable bonds is 2. The summed E-state index contributed by atoms with van der Waals surface area (Å²) in [5, 5.41) is 8.73. The molecule has 0 radical (unpaired) electrons. The van der Waals surface area contributed by atoms with E-state index in [1.807, 2.05) is 6.92 Å². The molecule has 6 heteroatoms. The highest BCUT2D eigenvalue weighted by Gasteiger charge is 2.08. The van der Waals surface area contributed by atoms with Crippen molar-refractivity contribution in [2.75, 3.05) is 0 Å². The summed E-state index contributed by atoms with van der Waals surface area (Å²) >= 11 is 0. The van der Waals surface area contributed by atoms with E-state index in [9.17, 15) is 4.79 Å². The van der Waals surface area contributed by atoms with Gasteiger partial charge >= 0.3 is 5.97 Å².